The first-order chi connectivity index (χ1) is 9.90. The minimum Gasteiger partial charge on any atom is -0.478 e. The van der Waals surface area contributed by atoms with Crippen LogP contribution in [0.1, 0.15) is 29.0 Å². The highest BCUT2D eigenvalue weighted by Crippen LogP contribution is 2.14. The lowest BCUT2D eigenvalue weighted by atomic mass is 10.2. The Morgan fingerprint density at radius 2 is 2.00 bits per heavy atom. The topological polar surface area (TPSA) is 109 Å². The maximum Gasteiger partial charge on any atom is 0.337 e. The van der Waals surface area contributed by atoms with Gasteiger partial charge in [-0.25, -0.2) is 22.9 Å². The summed E-state index contributed by atoms with van der Waals surface area (Å²) in [6.07, 6.45) is 2.57. The highest BCUT2D eigenvalue weighted by Gasteiger charge is 2.20. The zero-order valence-electron chi connectivity index (χ0n) is 11.1. The Kier molecular flexibility index (Phi) is 4.29. The molecule has 0 unspecified atom stereocenters. The van der Waals surface area contributed by atoms with Crippen LogP contribution < -0.4 is 4.72 Å². The zero-order valence-corrected chi connectivity index (χ0v) is 11.9. The van der Waals surface area contributed by atoms with E-state index in [0.717, 1.165) is 12.3 Å². The minimum atomic E-state index is -3.84. The van der Waals surface area contributed by atoms with Gasteiger partial charge < -0.3 is 5.11 Å². The number of hydrogen-bond donors (Lipinski definition) is 2. The minimum absolute atomic E-state index is 0.0771. The van der Waals surface area contributed by atoms with Gasteiger partial charge in [-0.3, -0.25) is 4.98 Å². The number of nitrogens with one attached hydrogen (secondary N) is 1. The summed E-state index contributed by atoms with van der Waals surface area (Å²) in [5.41, 5.74) is 0.495. The van der Waals surface area contributed by atoms with Gasteiger partial charge in [0.1, 0.15) is 0 Å². The standard InChI is InChI=1S/C13H13N3O4S/c1-9(11-4-2-3-7-14-11)16-21(19,20)12-6-5-10(8-15-12)13(17)18/h2-9,16H,1H3,(H,17,18)/t9-/m1/s1. The molecule has 0 bridgehead atoms. The normalized spacial score (nSPS) is 12.8. The quantitative estimate of drug-likeness (QED) is 0.859. The summed E-state index contributed by atoms with van der Waals surface area (Å²) in [7, 11) is -3.84. The second-order valence-corrected chi connectivity index (χ2v) is 5.95. The van der Waals surface area contributed by atoms with Crippen LogP contribution in [0.25, 0.3) is 0 Å². The van der Waals surface area contributed by atoms with E-state index < -0.39 is 22.0 Å². The van der Waals surface area contributed by atoms with E-state index in [-0.39, 0.29) is 10.6 Å². The number of aromatic carboxylic acids is 1. The summed E-state index contributed by atoms with van der Waals surface area (Å²) in [5.74, 6) is -1.17. The Labute approximate surface area is 121 Å². The lowest BCUT2D eigenvalue weighted by Gasteiger charge is -2.13. The fourth-order valence-electron chi connectivity index (χ4n) is 1.65. The Bertz CT molecular complexity index is 730. The molecule has 8 heteroatoms. The fourth-order valence-corrected chi connectivity index (χ4v) is 2.80. The zero-order chi connectivity index (χ0) is 15.5. The van der Waals surface area contributed by atoms with E-state index in [4.69, 9.17) is 5.11 Å². The average Bonchev–Trinajstić information content (AvgIpc) is 2.48. The molecule has 7 nitrogen and oxygen atoms in total. The van der Waals surface area contributed by atoms with Crippen molar-refractivity contribution in [3.63, 3.8) is 0 Å². The van der Waals surface area contributed by atoms with E-state index in [1.807, 2.05) is 0 Å². The molecule has 0 aliphatic rings. The molecule has 2 aromatic rings. The first-order valence-corrected chi connectivity index (χ1v) is 7.51. The molecule has 21 heavy (non-hydrogen) atoms. The third kappa shape index (κ3) is 3.61. The Hall–Kier alpha value is -2.32. The van der Waals surface area contributed by atoms with Gasteiger partial charge in [0.25, 0.3) is 10.0 Å². The molecular formula is C13H13N3O4S. The van der Waals surface area contributed by atoms with Crippen LogP contribution >= 0.6 is 0 Å². The predicted molar refractivity (Wildman–Crippen MR) is 74.2 cm³/mol. The number of aromatic nitrogens is 2. The summed E-state index contributed by atoms with van der Waals surface area (Å²) in [6, 6.07) is 7.00. The predicted octanol–water partition coefficient (Wildman–Crippen LogP) is 1.21. The van der Waals surface area contributed by atoms with Crippen molar-refractivity contribution in [2.24, 2.45) is 0 Å². The van der Waals surface area contributed by atoms with Crippen molar-refractivity contribution in [3.8, 4) is 0 Å². The number of sulfonamides is 1. The van der Waals surface area contributed by atoms with E-state index >= 15 is 0 Å². The average molecular weight is 307 g/mol. The molecular weight excluding hydrogens is 294 g/mol. The molecule has 0 radical (unpaired) electrons. The third-order valence-corrected chi connectivity index (χ3v) is 4.18. The number of hydrogen-bond acceptors (Lipinski definition) is 5. The third-order valence-electron chi connectivity index (χ3n) is 2.72. The molecule has 0 aromatic carbocycles. The molecule has 2 aromatic heterocycles. The summed E-state index contributed by atoms with van der Waals surface area (Å²) in [5, 5.41) is 8.52. The van der Waals surface area contributed by atoms with Crippen molar-refractivity contribution in [1.29, 1.82) is 0 Å². The lowest BCUT2D eigenvalue weighted by molar-refractivity contribution is 0.0696. The van der Waals surface area contributed by atoms with Crippen molar-refractivity contribution in [1.82, 2.24) is 14.7 Å². The van der Waals surface area contributed by atoms with Gasteiger partial charge in [-0.1, -0.05) is 6.07 Å². The van der Waals surface area contributed by atoms with E-state index in [9.17, 15) is 13.2 Å². The van der Waals surface area contributed by atoms with Crippen LogP contribution in [-0.2, 0) is 10.0 Å². The van der Waals surface area contributed by atoms with E-state index in [2.05, 4.69) is 14.7 Å². The SMILES string of the molecule is C[C@@H](NS(=O)(=O)c1ccc(C(=O)O)cn1)c1ccccn1. The molecule has 0 aliphatic carbocycles. The van der Waals surface area contributed by atoms with Gasteiger partial charge >= 0.3 is 5.97 Å². The monoisotopic (exact) mass is 307 g/mol. The summed E-state index contributed by atoms with van der Waals surface area (Å²) < 4.78 is 26.7. The molecule has 0 spiro atoms. The van der Waals surface area contributed by atoms with Crippen molar-refractivity contribution >= 4 is 16.0 Å². The van der Waals surface area contributed by atoms with Crippen molar-refractivity contribution in [3.05, 3.63) is 54.0 Å². The second kappa shape index (κ2) is 5.98. The van der Waals surface area contributed by atoms with Gasteiger partial charge in [0.05, 0.1) is 17.3 Å². The molecule has 2 rings (SSSR count). The number of carboxylic acids is 1. The Balaban J connectivity index is 2.20. The Morgan fingerprint density at radius 3 is 2.52 bits per heavy atom. The molecule has 1 atom stereocenters. The molecule has 2 N–H and O–H groups in total. The van der Waals surface area contributed by atoms with Crippen LogP contribution in [0.2, 0.25) is 0 Å². The van der Waals surface area contributed by atoms with Gasteiger partial charge in [-0.05, 0) is 31.2 Å². The molecule has 0 aliphatic heterocycles. The highest BCUT2D eigenvalue weighted by molar-refractivity contribution is 7.89. The number of rotatable bonds is 5. The van der Waals surface area contributed by atoms with Crippen LogP contribution in [0.4, 0.5) is 0 Å². The van der Waals surface area contributed by atoms with Crippen LogP contribution in [-0.4, -0.2) is 29.5 Å². The lowest BCUT2D eigenvalue weighted by Crippen LogP contribution is -2.28. The van der Waals surface area contributed by atoms with Gasteiger partial charge in [0.15, 0.2) is 5.03 Å². The summed E-state index contributed by atoms with van der Waals surface area (Å²) in [6.45, 7) is 1.66. The number of nitrogens with zero attached hydrogens (tertiary/aromatic N) is 2. The highest BCUT2D eigenvalue weighted by atomic mass is 32.2. The van der Waals surface area contributed by atoms with E-state index in [0.29, 0.717) is 5.69 Å². The fraction of sp³-hybridized carbons (Fsp3) is 0.154. The number of carbonyl (C=O) groups is 1. The molecule has 0 saturated carbocycles. The number of pyridine rings is 2. The largest absolute Gasteiger partial charge is 0.478 e. The Morgan fingerprint density at radius 1 is 1.24 bits per heavy atom. The second-order valence-electron chi connectivity index (χ2n) is 4.29. The van der Waals surface area contributed by atoms with Gasteiger partial charge in [0, 0.05) is 12.4 Å². The maximum atomic E-state index is 12.1. The first-order valence-electron chi connectivity index (χ1n) is 6.03. The van der Waals surface area contributed by atoms with E-state index in [1.165, 1.54) is 6.07 Å². The smallest absolute Gasteiger partial charge is 0.337 e. The van der Waals surface area contributed by atoms with Crippen LogP contribution in [0, 0.1) is 0 Å². The van der Waals surface area contributed by atoms with Crippen molar-refractivity contribution in [2.45, 2.75) is 18.0 Å². The molecule has 2 heterocycles. The molecule has 110 valence electrons. The van der Waals surface area contributed by atoms with Gasteiger partial charge in [-0.15, -0.1) is 0 Å². The molecule has 0 amide bonds. The summed E-state index contributed by atoms with van der Waals surface area (Å²) in [4.78, 5) is 18.4. The van der Waals surface area contributed by atoms with Gasteiger partial charge in [0.2, 0.25) is 0 Å². The molecule has 0 saturated heterocycles. The summed E-state index contributed by atoms with van der Waals surface area (Å²) >= 11 is 0. The van der Waals surface area contributed by atoms with Crippen molar-refractivity contribution in [2.75, 3.05) is 0 Å². The number of carboxylic acid groups (broad SMARTS) is 1. The van der Waals surface area contributed by atoms with E-state index in [1.54, 1.807) is 31.3 Å². The van der Waals surface area contributed by atoms with Gasteiger partial charge in [-0.2, -0.15) is 0 Å². The van der Waals surface area contributed by atoms with Crippen molar-refractivity contribution < 1.29 is 18.3 Å². The van der Waals surface area contributed by atoms with Crippen LogP contribution in [0.5, 0.6) is 0 Å². The maximum absolute atomic E-state index is 12.1. The first kappa shape index (κ1) is 15.1. The van der Waals surface area contributed by atoms with Crippen LogP contribution in [0.15, 0.2) is 47.8 Å². The van der Waals surface area contributed by atoms with Crippen LogP contribution in [0.3, 0.4) is 0 Å². The molecule has 0 fully saturated rings.